The first kappa shape index (κ1) is 12.9. The molecule has 0 unspecified atom stereocenters. The van der Waals surface area contributed by atoms with E-state index in [4.69, 9.17) is 23.8 Å². The summed E-state index contributed by atoms with van der Waals surface area (Å²) in [6.45, 7) is 0. The SMILES string of the molecule is CN(C)c1ccn(C(=S)Nc2ccc(Cl)cc2)n1. The summed E-state index contributed by atoms with van der Waals surface area (Å²) in [4.78, 5) is 1.92. The number of nitrogens with zero attached hydrogens (tertiary/aromatic N) is 3. The van der Waals surface area contributed by atoms with Gasteiger partial charge in [-0.2, -0.15) is 0 Å². The lowest BCUT2D eigenvalue weighted by Crippen LogP contribution is -2.20. The van der Waals surface area contributed by atoms with E-state index in [0.29, 0.717) is 10.1 Å². The van der Waals surface area contributed by atoms with E-state index in [1.807, 2.05) is 43.4 Å². The maximum absolute atomic E-state index is 5.82. The van der Waals surface area contributed by atoms with Gasteiger partial charge in [0.25, 0.3) is 0 Å². The summed E-state index contributed by atoms with van der Waals surface area (Å²) in [6.07, 6.45) is 1.82. The van der Waals surface area contributed by atoms with Crippen LogP contribution in [0, 0.1) is 0 Å². The zero-order valence-electron chi connectivity index (χ0n) is 10.1. The van der Waals surface area contributed by atoms with Gasteiger partial charge in [0.15, 0.2) is 10.9 Å². The van der Waals surface area contributed by atoms with Crippen molar-refractivity contribution in [1.82, 2.24) is 9.78 Å². The van der Waals surface area contributed by atoms with E-state index in [0.717, 1.165) is 11.5 Å². The molecule has 0 aliphatic rings. The van der Waals surface area contributed by atoms with Gasteiger partial charge in [0.1, 0.15) is 0 Å². The maximum atomic E-state index is 5.82. The van der Waals surface area contributed by atoms with Gasteiger partial charge < -0.3 is 10.2 Å². The average molecular weight is 281 g/mol. The molecule has 0 radical (unpaired) electrons. The molecule has 18 heavy (non-hydrogen) atoms. The molecular formula is C12H13ClN4S. The molecule has 0 spiro atoms. The Kier molecular flexibility index (Phi) is 3.84. The van der Waals surface area contributed by atoms with Crippen LogP contribution in [0.4, 0.5) is 11.5 Å². The molecule has 4 nitrogen and oxygen atoms in total. The lowest BCUT2D eigenvalue weighted by Gasteiger charge is -2.09. The Balaban J connectivity index is 2.09. The first-order chi connectivity index (χ1) is 8.56. The van der Waals surface area contributed by atoms with Crippen molar-refractivity contribution in [2.75, 3.05) is 24.3 Å². The van der Waals surface area contributed by atoms with Crippen LogP contribution in [0.5, 0.6) is 0 Å². The third-order valence-electron chi connectivity index (χ3n) is 2.34. The minimum Gasteiger partial charge on any atom is -0.361 e. The number of anilines is 2. The number of halogens is 1. The first-order valence-corrected chi connectivity index (χ1v) is 6.15. The topological polar surface area (TPSA) is 33.1 Å². The van der Waals surface area contributed by atoms with Gasteiger partial charge in [-0.3, -0.25) is 0 Å². The molecule has 1 aromatic heterocycles. The molecule has 1 heterocycles. The molecular weight excluding hydrogens is 268 g/mol. The lowest BCUT2D eigenvalue weighted by atomic mass is 10.3. The first-order valence-electron chi connectivity index (χ1n) is 5.36. The second-order valence-electron chi connectivity index (χ2n) is 3.95. The largest absolute Gasteiger partial charge is 0.361 e. The van der Waals surface area contributed by atoms with E-state index in [9.17, 15) is 0 Å². The van der Waals surface area contributed by atoms with Gasteiger partial charge in [-0.15, -0.1) is 5.10 Å². The molecule has 0 aliphatic carbocycles. The van der Waals surface area contributed by atoms with Crippen molar-refractivity contribution >= 4 is 40.4 Å². The second-order valence-corrected chi connectivity index (χ2v) is 4.77. The molecule has 2 aromatic rings. The van der Waals surface area contributed by atoms with E-state index >= 15 is 0 Å². The molecule has 1 N–H and O–H groups in total. The van der Waals surface area contributed by atoms with Crippen molar-refractivity contribution in [3.05, 3.63) is 41.6 Å². The normalized spacial score (nSPS) is 10.2. The highest BCUT2D eigenvalue weighted by atomic mass is 35.5. The number of rotatable bonds is 2. The smallest absolute Gasteiger partial charge is 0.198 e. The minimum atomic E-state index is 0.519. The minimum absolute atomic E-state index is 0.519. The highest BCUT2D eigenvalue weighted by Crippen LogP contribution is 2.14. The summed E-state index contributed by atoms with van der Waals surface area (Å²) >= 11 is 11.1. The third-order valence-corrected chi connectivity index (χ3v) is 2.88. The Hall–Kier alpha value is -1.59. The zero-order chi connectivity index (χ0) is 13.1. The van der Waals surface area contributed by atoms with Gasteiger partial charge in [0, 0.05) is 37.1 Å². The number of nitrogens with one attached hydrogen (secondary N) is 1. The Labute approximate surface area is 116 Å². The maximum Gasteiger partial charge on any atom is 0.198 e. The average Bonchev–Trinajstić information content (AvgIpc) is 2.81. The number of hydrogen-bond acceptors (Lipinski definition) is 3. The highest BCUT2D eigenvalue weighted by Gasteiger charge is 2.05. The van der Waals surface area contributed by atoms with Crippen LogP contribution in [0.3, 0.4) is 0 Å². The molecule has 0 atom stereocenters. The molecule has 0 amide bonds. The van der Waals surface area contributed by atoms with E-state index in [-0.39, 0.29) is 0 Å². The van der Waals surface area contributed by atoms with Gasteiger partial charge in [0.2, 0.25) is 0 Å². The molecule has 0 fully saturated rings. The molecule has 2 rings (SSSR count). The highest BCUT2D eigenvalue weighted by molar-refractivity contribution is 7.80. The Morgan fingerprint density at radius 1 is 1.28 bits per heavy atom. The lowest BCUT2D eigenvalue weighted by molar-refractivity contribution is 0.921. The fourth-order valence-electron chi connectivity index (χ4n) is 1.38. The van der Waals surface area contributed by atoms with Crippen LogP contribution < -0.4 is 10.2 Å². The zero-order valence-corrected chi connectivity index (χ0v) is 11.7. The summed E-state index contributed by atoms with van der Waals surface area (Å²) in [6, 6.07) is 9.24. The molecule has 94 valence electrons. The Morgan fingerprint density at radius 3 is 2.50 bits per heavy atom. The van der Waals surface area contributed by atoms with Gasteiger partial charge in [-0.05, 0) is 36.5 Å². The van der Waals surface area contributed by atoms with Crippen molar-refractivity contribution in [3.63, 3.8) is 0 Å². The van der Waals surface area contributed by atoms with E-state index < -0.39 is 0 Å². The molecule has 0 saturated carbocycles. The quantitative estimate of drug-likeness (QED) is 0.858. The number of hydrogen-bond donors (Lipinski definition) is 1. The van der Waals surface area contributed by atoms with Crippen LogP contribution in [-0.4, -0.2) is 29.0 Å². The van der Waals surface area contributed by atoms with Crippen molar-refractivity contribution in [2.24, 2.45) is 0 Å². The van der Waals surface area contributed by atoms with Crippen LogP contribution in [0.2, 0.25) is 5.02 Å². The Morgan fingerprint density at radius 2 is 1.94 bits per heavy atom. The van der Waals surface area contributed by atoms with Crippen LogP contribution in [0.1, 0.15) is 0 Å². The van der Waals surface area contributed by atoms with Crippen molar-refractivity contribution < 1.29 is 0 Å². The summed E-state index contributed by atoms with van der Waals surface area (Å²) in [5.74, 6) is 0.857. The van der Waals surface area contributed by atoms with Gasteiger partial charge in [-0.1, -0.05) is 11.6 Å². The number of benzene rings is 1. The fourth-order valence-corrected chi connectivity index (χ4v) is 1.73. The number of thiocarbonyl (C=S) groups is 1. The summed E-state index contributed by atoms with van der Waals surface area (Å²) in [7, 11) is 3.87. The fraction of sp³-hybridized carbons (Fsp3) is 0.167. The van der Waals surface area contributed by atoms with Gasteiger partial charge in [0.05, 0.1) is 0 Å². The van der Waals surface area contributed by atoms with Crippen molar-refractivity contribution in [2.45, 2.75) is 0 Å². The predicted molar refractivity (Wildman–Crippen MR) is 79.6 cm³/mol. The van der Waals surface area contributed by atoms with E-state index in [1.54, 1.807) is 16.8 Å². The van der Waals surface area contributed by atoms with Crippen LogP contribution >= 0.6 is 23.8 Å². The molecule has 0 saturated heterocycles. The standard InChI is InChI=1S/C12H13ClN4S/c1-16(2)11-7-8-17(15-11)12(18)14-10-5-3-9(13)4-6-10/h3-8H,1-2H3,(H,14,18). The second kappa shape index (κ2) is 5.37. The molecule has 0 bridgehead atoms. The predicted octanol–water partition coefficient (Wildman–Crippen LogP) is 2.85. The van der Waals surface area contributed by atoms with Gasteiger partial charge in [-0.25, -0.2) is 4.68 Å². The van der Waals surface area contributed by atoms with Crippen LogP contribution in [0.15, 0.2) is 36.5 Å². The van der Waals surface area contributed by atoms with Crippen molar-refractivity contribution in [1.29, 1.82) is 0 Å². The van der Waals surface area contributed by atoms with Crippen molar-refractivity contribution in [3.8, 4) is 0 Å². The van der Waals surface area contributed by atoms with Crippen LogP contribution in [-0.2, 0) is 0 Å². The monoisotopic (exact) mass is 280 g/mol. The van der Waals surface area contributed by atoms with E-state index in [1.165, 1.54) is 0 Å². The molecule has 6 heteroatoms. The van der Waals surface area contributed by atoms with Gasteiger partial charge >= 0.3 is 0 Å². The summed E-state index contributed by atoms with van der Waals surface area (Å²) in [5, 5.41) is 8.64. The summed E-state index contributed by atoms with van der Waals surface area (Å²) < 4.78 is 1.62. The third kappa shape index (κ3) is 3.00. The molecule has 1 aromatic carbocycles. The van der Waals surface area contributed by atoms with E-state index in [2.05, 4.69) is 10.4 Å². The molecule has 0 aliphatic heterocycles. The Bertz CT molecular complexity index is 547. The van der Waals surface area contributed by atoms with Crippen LogP contribution in [0.25, 0.3) is 0 Å². The number of aromatic nitrogens is 2. The summed E-state index contributed by atoms with van der Waals surface area (Å²) in [5.41, 5.74) is 0.881.